The molecule has 1 atom stereocenters. The number of hydrogen-bond acceptors (Lipinski definition) is 6. The number of nitro benzene ring substituents is 1. The third kappa shape index (κ3) is 3.92. The van der Waals surface area contributed by atoms with Crippen molar-refractivity contribution < 1.29 is 19.2 Å². The fraction of sp³-hybridized carbons (Fsp3) is 0.417. The molecule has 104 valence electrons. The average Bonchev–Trinajstić information content (AvgIpc) is 2.38. The molecule has 1 rings (SSSR count). The summed E-state index contributed by atoms with van der Waals surface area (Å²) >= 11 is 0. The van der Waals surface area contributed by atoms with E-state index in [2.05, 4.69) is 10.1 Å². The van der Waals surface area contributed by atoms with Gasteiger partial charge in [0.1, 0.15) is 12.6 Å². The first-order valence-electron chi connectivity index (χ1n) is 5.62. The van der Waals surface area contributed by atoms with E-state index in [4.69, 9.17) is 4.74 Å². The molecule has 1 aromatic rings. The van der Waals surface area contributed by atoms with Crippen LogP contribution in [0.4, 0.5) is 5.69 Å². The maximum atomic E-state index is 11.4. The van der Waals surface area contributed by atoms with Gasteiger partial charge < -0.3 is 14.8 Å². The highest BCUT2D eigenvalue weighted by Crippen LogP contribution is 2.27. The molecule has 0 saturated carbocycles. The van der Waals surface area contributed by atoms with Gasteiger partial charge in [0, 0.05) is 6.07 Å². The summed E-state index contributed by atoms with van der Waals surface area (Å²) in [5, 5.41) is 13.6. The van der Waals surface area contributed by atoms with Crippen LogP contribution < -0.4 is 10.1 Å². The van der Waals surface area contributed by atoms with Gasteiger partial charge in [-0.2, -0.15) is 0 Å². The van der Waals surface area contributed by atoms with E-state index < -0.39 is 16.9 Å². The number of nitrogens with zero attached hydrogens (tertiary/aromatic N) is 1. The number of rotatable bonds is 6. The topological polar surface area (TPSA) is 90.7 Å². The molecular weight excluding hydrogens is 252 g/mol. The highest BCUT2D eigenvalue weighted by atomic mass is 16.6. The Kier molecular flexibility index (Phi) is 5.25. The molecule has 7 nitrogen and oxygen atoms in total. The second-order valence-electron chi connectivity index (χ2n) is 3.90. The zero-order valence-corrected chi connectivity index (χ0v) is 11.0. The van der Waals surface area contributed by atoms with Gasteiger partial charge in [-0.05, 0) is 25.6 Å². The smallest absolute Gasteiger partial charge is 0.326 e. The molecule has 0 heterocycles. The summed E-state index contributed by atoms with van der Waals surface area (Å²) in [7, 11) is 2.84. The minimum atomic E-state index is -0.676. The van der Waals surface area contributed by atoms with E-state index >= 15 is 0 Å². The monoisotopic (exact) mass is 268 g/mol. The predicted octanol–water partition coefficient (Wildman–Crippen LogP) is 1.04. The van der Waals surface area contributed by atoms with Crippen molar-refractivity contribution in [3.8, 4) is 5.75 Å². The molecule has 0 aliphatic rings. The van der Waals surface area contributed by atoms with Gasteiger partial charge in [0.05, 0.1) is 12.0 Å². The third-order valence-electron chi connectivity index (χ3n) is 2.55. The van der Waals surface area contributed by atoms with Crippen molar-refractivity contribution in [2.45, 2.75) is 13.0 Å². The Bertz CT molecular complexity index is 475. The van der Waals surface area contributed by atoms with Gasteiger partial charge in [0.2, 0.25) is 0 Å². The Hall–Kier alpha value is -2.15. The number of likely N-dealkylation sites (N-methyl/N-ethyl adjacent to an activating group) is 1. The Morgan fingerprint density at radius 2 is 2.21 bits per heavy atom. The third-order valence-corrected chi connectivity index (χ3v) is 2.55. The highest BCUT2D eigenvalue weighted by molar-refractivity contribution is 5.75. The van der Waals surface area contributed by atoms with Crippen molar-refractivity contribution in [2.24, 2.45) is 0 Å². The zero-order chi connectivity index (χ0) is 14.4. The number of nitrogens with one attached hydrogen (secondary N) is 1. The summed E-state index contributed by atoms with van der Waals surface area (Å²) in [6.07, 6.45) is 0. The largest absolute Gasteiger partial charge is 0.485 e. The van der Waals surface area contributed by atoms with Crippen molar-refractivity contribution in [1.82, 2.24) is 5.32 Å². The van der Waals surface area contributed by atoms with Crippen molar-refractivity contribution >= 4 is 11.7 Å². The van der Waals surface area contributed by atoms with E-state index in [0.717, 1.165) is 5.56 Å². The lowest BCUT2D eigenvalue weighted by Crippen LogP contribution is -2.40. The first-order valence-corrected chi connectivity index (χ1v) is 5.62. The van der Waals surface area contributed by atoms with Crippen LogP contribution in [0.3, 0.4) is 0 Å². The van der Waals surface area contributed by atoms with Crippen LogP contribution in [0, 0.1) is 17.0 Å². The van der Waals surface area contributed by atoms with Crippen molar-refractivity contribution in [3.05, 3.63) is 33.9 Å². The zero-order valence-electron chi connectivity index (χ0n) is 11.0. The summed E-state index contributed by atoms with van der Waals surface area (Å²) in [5.74, 6) is -0.355. The molecule has 7 heteroatoms. The molecule has 0 saturated heterocycles. The number of carbonyl (C=O) groups excluding carboxylic acids is 1. The van der Waals surface area contributed by atoms with E-state index in [0.29, 0.717) is 0 Å². The second kappa shape index (κ2) is 6.69. The molecule has 0 spiro atoms. The summed E-state index contributed by atoms with van der Waals surface area (Å²) in [4.78, 5) is 21.7. The highest BCUT2D eigenvalue weighted by Gasteiger charge is 2.21. The average molecular weight is 268 g/mol. The number of aryl methyl sites for hydroxylation is 1. The van der Waals surface area contributed by atoms with E-state index in [1.54, 1.807) is 26.1 Å². The molecule has 0 aliphatic heterocycles. The lowest BCUT2D eigenvalue weighted by atomic mass is 10.2. The quantitative estimate of drug-likeness (QED) is 0.471. The van der Waals surface area contributed by atoms with E-state index in [1.165, 1.54) is 13.2 Å². The van der Waals surface area contributed by atoms with E-state index in [1.807, 2.05) is 0 Å². The van der Waals surface area contributed by atoms with Crippen LogP contribution >= 0.6 is 0 Å². The number of ether oxygens (including phenoxy) is 2. The summed E-state index contributed by atoms with van der Waals surface area (Å²) in [5.41, 5.74) is 0.699. The van der Waals surface area contributed by atoms with Gasteiger partial charge in [-0.1, -0.05) is 6.07 Å². The summed E-state index contributed by atoms with van der Waals surface area (Å²) in [6.45, 7) is 1.75. The SMILES string of the molecule is CNC(COc1cc(C)ccc1[N+](=O)[O-])C(=O)OC. The fourth-order valence-corrected chi connectivity index (χ4v) is 1.47. The summed E-state index contributed by atoms with van der Waals surface area (Å²) in [6, 6.07) is 3.88. The minimum absolute atomic E-state index is 0.0481. The van der Waals surface area contributed by atoms with Crippen molar-refractivity contribution in [3.63, 3.8) is 0 Å². The van der Waals surface area contributed by atoms with Gasteiger partial charge in [-0.15, -0.1) is 0 Å². The second-order valence-corrected chi connectivity index (χ2v) is 3.90. The first-order chi connectivity index (χ1) is 8.99. The Labute approximate surface area is 110 Å². The fourth-order valence-electron chi connectivity index (χ4n) is 1.47. The number of nitro groups is 1. The van der Waals surface area contributed by atoms with Crippen LogP contribution in [0.15, 0.2) is 18.2 Å². The normalized spacial score (nSPS) is 11.7. The number of methoxy groups -OCH3 is 1. The molecule has 1 aromatic carbocycles. The molecule has 0 amide bonds. The Morgan fingerprint density at radius 1 is 1.53 bits per heavy atom. The summed E-state index contributed by atoms with van der Waals surface area (Å²) < 4.78 is 9.93. The van der Waals surface area contributed by atoms with Crippen LogP contribution in [0.5, 0.6) is 5.75 Å². The van der Waals surface area contributed by atoms with Crippen molar-refractivity contribution in [2.75, 3.05) is 20.8 Å². The van der Waals surface area contributed by atoms with Gasteiger partial charge in [0.15, 0.2) is 5.75 Å². The maximum Gasteiger partial charge on any atom is 0.326 e. The minimum Gasteiger partial charge on any atom is -0.485 e. The van der Waals surface area contributed by atoms with Crippen LogP contribution in [0.1, 0.15) is 5.56 Å². The molecule has 0 radical (unpaired) electrons. The number of carbonyl (C=O) groups is 1. The lowest BCUT2D eigenvalue weighted by Gasteiger charge is -2.14. The molecule has 0 bridgehead atoms. The standard InChI is InChI=1S/C12H16N2O5/c1-8-4-5-10(14(16)17)11(6-8)19-7-9(13-2)12(15)18-3/h4-6,9,13H,7H2,1-3H3. The van der Waals surface area contributed by atoms with Crippen molar-refractivity contribution in [1.29, 1.82) is 0 Å². The maximum absolute atomic E-state index is 11.4. The molecule has 1 N–H and O–H groups in total. The van der Waals surface area contributed by atoms with E-state index in [-0.39, 0.29) is 18.0 Å². The number of benzene rings is 1. The number of esters is 1. The van der Waals surface area contributed by atoms with Crippen LogP contribution in [-0.2, 0) is 9.53 Å². The molecule has 0 aliphatic carbocycles. The van der Waals surface area contributed by atoms with Gasteiger partial charge in [0.25, 0.3) is 0 Å². The molecule has 0 fully saturated rings. The predicted molar refractivity (Wildman–Crippen MR) is 68.2 cm³/mol. The Morgan fingerprint density at radius 3 is 2.74 bits per heavy atom. The molecule has 0 aromatic heterocycles. The van der Waals surface area contributed by atoms with Gasteiger partial charge in [-0.3, -0.25) is 14.9 Å². The van der Waals surface area contributed by atoms with Crippen LogP contribution in [0.2, 0.25) is 0 Å². The van der Waals surface area contributed by atoms with Crippen LogP contribution in [0.25, 0.3) is 0 Å². The Balaban J connectivity index is 2.84. The molecular formula is C12H16N2O5. The van der Waals surface area contributed by atoms with Gasteiger partial charge in [-0.25, -0.2) is 0 Å². The molecule has 1 unspecified atom stereocenters. The van der Waals surface area contributed by atoms with E-state index in [9.17, 15) is 14.9 Å². The van der Waals surface area contributed by atoms with Gasteiger partial charge >= 0.3 is 11.7 Å². The first kappa shape index (κ1) is 14.9. The van der Waals surface area contributed by atoms with Crippen LogP contribution in [-0.4, -0.2) is 37.7 Å². The molecule has 19 heavy (non-hydrogen) atoms. The lowest BCUT2D eigenvalue weighted by molar-refractivity contribution is -0.385. The number of hydrogen-bond donors (Lipinski definition) is 1.